The van der Waals surface area contributed by atoms with Gasteiger partial charge in [-0.25, -0.2) is 19.3 Å². The van der Waals surface area contributed by atoms with E-state index in [1.165, 1.54) is 11.0 Å². The number of carbonyl (C=O) groups is 2. The number of hydrogen-bond donors (Lipinski definition) is 0. The maximum absolute atomic E-state index is 14.3. The van der Waals surface area contributed by atoms with E-state index < -0.39 is 5.82 Å². The molecule has 10 heteroatoms. The molecule has 9 nitrogen and oxygen atoms in total. The number of esters is 1. The Morgan fingerprint density at radius 1 is 1.18 bits per heavy atom. The fourth-order valence-corrected chi connectivity index (χ4v) is 5.25. The summed E-state index contributed by atoms with van der Waals surface area (Å²) in [4.78, 5) is 40.2. The topological polar surface area (TPSA) is 98.9 Å². The lowest BCUT2D eigenvalue weighted by atomic mass is 9.89. The van der Waals surface area contributed by atoms with E-state index in [2.05, 4.69) is 15.0 Å². The van der Waals surface area contributed by atoms with Gasteiger partial charge in [0.2, 0.25) is 0 Å². The number of amides is 1. The Bertz CT molecular complexity index is 1650. The Morgan fingerprint density at radius 3 is 2.75 bits per heavy atom. The number of carbonyl (C=O) groups excluding carboxylic acids is 2. The minimum atomic E-state index is -0.501. The number of aryl methyl sites for hydroxylation is 1. The number of aromatic nitrogens is 4. The molecule has 1 atom stereocenters. The van der Waals surface area contributed by atoms with Crippen LogP contribution in [0.3, 0.4) is 0 Å². The first kappa shape index (κ1) is 25.7. The first-order valence-corrected chi connectivity index (χ1v) is 13.3. The van der Waals surface area contributed by atoms with Gasteiger partial charge >= 0.3 is 5.97 Å². The highest BCUT2D eigenvalue weighted by Gasteiger charge is 2.29. The second-order valence-electron chi connectivity index (χ2n) is 9.89. The highest BCUT2D eigenvalue weighted by atomic mass is 19.1. The van der Waals surface area contributed by atoms with Crippen molar-refractivity contribution in [2.75, 3.05) is 18.1 Å². The predicted molar refractivity (Wildman–Crippen MR) is 146 cm³/mol. The molecule has 0 spiro atoms. The van der Waals surface area contributed by atoms with E-state index in [1.807, 2.05) is 42.7 Å². The second kappa shape index (κ2) is 10.5. The quantitative estimate of drug-likeness (QED) is 0.320. The third-order valence-electron chi connectivity index (χ3n) is 7.41. The summed E-state index contributed by atoms with van der Waals surface area (Å²) in [5.74, 6) is -0.272. The smallest absolute Gasteiger partial charge is 0.309 e. The van der Waals surface area contributed by atoms with Crippen molar-refractivity contribution in [3.63, 3.8) is 0 Å². The fourth-order valence-electron chi connectivity index (χ4n) is 5.25. The number of fused-ring (bicyclic) bond motifs is 2. The monoisotopic (exact) mass is 541 g/mol. The molecule has 0 saturated heterocycles. The lowest BCUT2D eigenvalue weighted by Crippen LogP contribution is -2.39. The molecule has 1 unspecified atom stereocenters. The minimum absolute atomic E-state index is 0.0796. The summed E-state index contributed by atoms with van der Waals surface area (Å²) in [5, 5.41) is 0. The zero-order valence-electron chi connectivity index (χ0n) is 22.3. The van der Waals surface area contributed by atoms with E-state index in [-0.39, 0.29) is 36.7 Å². The number of halogens is 1. The highest BCUT2D eigenvalue weighted by molar-refractivity contribution is 5.97. The van der Waals surface area contributed by atoms with Gasteiger partial charge in [0, 0.05) is 29.7 Å². The van der Waals surface area contributed by atoms with E-state index >= 15 is 0 Å². The molecule has 0 radical (unpaired) electrons. The van der Waals surface area contributed by atoms with Crippen molar-refractivity contribution in [2.24, 2.45) is 5.92 Å². The van der Waals surface area contributed by atoms with Gasteiger partial charge in [-0.3, -0.25) is 14.5 Å². The summed E-state index contributed by atoms with van der Waals surface area (Å²) in [5.41, 5.74) is 5.46. The number of pyridine rings is 1. The van der Waals surface area contributed by atoms with Gasteiger partial charge in [-0.1, -0.05) is 12.1 Å². The summed E-state index contributed by atoms with van der Waals surface area (Å²) in [7, 11) is 0. The van der Waals surface area contributed by atoms with Gasteiger partial charge in [-0.05, 0) is 62.9 Å². The number of hydrogen-bond acceptors (Lipinski definition) is 7. The lowest BCUT2D eigenvalue weighted by molar-refractivity contribution is -0.148. The summed E-state index contributed by atoms with van der Waals surface area (Å²) < 4.78 is 26.8. The molecule has 1 aliphatic heterocycles. The van der Waals surface area contributed by atoms with Gasteiger partial charge in [-0.2, -0.15) is 0 Å². The average Bonchev–Trinajstić information content (AvgIpc) is 3.29. The van der Waals surface area contributed by atoms with Crippen molar-refractivity contribution in [1.29, 1.82) is 0 Å². The van der Waals surface area contributed by atoms with Crippen LogP contribution in [0.15, 0.2) is 55.0 Å². The van der Waals surface area contributed by atoms with Crippen LogP contribution in [0.4, 0.5) is 10.1 Å². The SMILES string of the molecule is CCOC(=O)C1CC=C(c2ncc(-c3ccc4nc(C)c(CN5C(=O)COc6c(F)cccc65)n4c3)cn2)CC1. The fraction of sp³-hybridized carbons (Fsp3) is 0.300. The van der Waals surface area contributed by atoms with Crippen molar-refractivity contribution < 1.29 is 23.5 Å². The Balaban J connectivity index is 1.26. The molecular formula is C30H28FN5O4. The Kier molecular flexibility index (Phi) is 6.75. The molecule has 1 aliphatic carbocycles. The van der Waals surface area contributed by atoms with Crippen LogP contribution >= 0.6 is 0 Å². The Hall–Kier alpha value is -4.60. The maximum Gasteiger partial charge on any atom is 0.309 e. The number of anilines is 1. The van der Waals surface area contributed by atoms with Crippen molar-refractivity contribution in [2.45, 2.75) is 39.7 Å². The van der Waals surface area contributed by atoms with Crippen LogP contribution in [0.1, 0.15) is 43.4 Å². The van der Waals surface area contributed by atoms with Gasteiger partial charge in [-0.15, -0.1) is 0 Å². The van der Waals surface area contributed by atoms with Crippen molar-refractivity contribution in [3.8, 4) is 16.9 Å². The maximum atomic E-state index is 14.3. The van der Waals surface area contributed by atoms with E-state index in [0.717, 1.165) is 46.6 Å². The zero-order valence-corrected chi connectivity index (χ0v) is 22.3. The van der Waals surface area contributed by atoms with Crippen LogP contribution in [0.2, 0.25) is 0 Å². The summed E-state index contributed by atoms with van der Waals surface area (Å²) in [6.45, 7) is 4.09. The summed E-state index contributed by atoms with van der Waals surface area (Å²) >= 11 is 0. The standard InChI is InChI=1S/C30H28FN5O4/c1-3-39-30(38)20-9-7-19(8-10-20)29-32-13-22(14-33-29)21-11-12-26-34-18(2)25(35(26)15-21)16-36-24-6-4-5-23(31)28(24)40-17-27(36)37/h4-7,11-15,20H,3,8-10,16-17H2,1-2H3. The van der Waals surface area contributed by atoms with Gasteiger partial charge in [0.05, 0.1) is 36.1 Å². The van der Waals surface area contributed by atoms with Crippen LogP contribution in [0.5, 0.6) is 5.75 Å². The lowest BCUT2D eigenvalue weighted by Gasteiger charge is -2.29. The molecule has 1 amide bonds. The summed E-state index contributed by atoms with van der Waals surface area (Å²) in [6.07, 6.45) is 9.62. The molecule has 204 valence electrons. The molecule has 4 aromatic rings. The molecule has 0 N–H and O–H groups in total. The normalized spacial score (nSPS) is 16.9. The van der Waals surface area contributed by atoms with Gasteiger partial charge in [0.15, 0.2) is 24.0 Å². The number of allylic oxidation sites excluding steroid dienone is 2. The molecule has 6 rings (SSSR count). The van der Waals surface area contributed by atoms with Crippen LogP contribution in [-0.4, -0.2) is 44.4 Å². The highest BCUT2D eigenvalue weighted by Crippen LogP contribution is 2.36. The van der Waals surface area contributed by atoms with E-state index in [1.54, 1.807) is 24.5 Å². The molecule has 2 aliphatic rings. The number of rotatable bonds is 6. The molecular weight excluding hydrogens is 513 g/mol. The number of nitrogens with zero attached hydrogens (tertiary/aromatic N) is 5. The third-order valence-corrected chi connectivity index (χ3v) is 7.41. The van der Waals surface area contributed by atoms with E-state index in [9.17, 15) is 14.0 Å². The number of benzene rings is 1. The first-order valence-electron chi connectivity index (χ1n) is 13.3. The number of ether oxygens (including phenoxy) is 2. The van der Waals surface area contributed by atoms with Crippen molar-refractivity contribution >= 4 is 28.8 Å². The van der Waals surface area contributed by atoms with Crippen molar-refractivity contribution in [3.05, 3.63) is 78.0 Å². The number of para-hydroxylation sites is 1. The predicted octanol–water partition coefficient (Wildman–Crippen LogP) is 4.91. The average molecular weight is 542 g/mol. The van der Waals surface area contributed by atoms with Crippen LogP contribution in [0.25, 0.3) is 22.3 Å². The van der Waals surface area contributed by atoms with Gasteiger partial charge in [0.1, 0.15) is 5.65 Å². The van der Waals surface area contributed by atoms with Crippen molar-refractivity contribution in [1.82, 2.24) is 19.4 Å². The molecule has 0 saturated carbocycles. The van der Waals surface area contributed by atoms with Gasteiger partial charge in [0.25, 0.3) is 5.91 Å². The van der Waals surface area contributed by atoms with Gasteiger partial charge < -0.3 is 13.9 Å². The van der Waals surface area contributed by atoms with Crippen LogP contribution in [0, 0.1) is 18.7 Å². The molecule has 40 heavy (non-hydrogen) atoms. The molecule has 3 aromatic heterocycles. The second-order valence-corrected chi connectivity index (χ2v) is 9.89. The van der Waals surface area contributed by atoms with Crippen LogP contribution < -0.4 is 9.64 Å². The summed E-state index contributed by atoms with van der Waals surface area (Å²) in [6, 6.07) is 8.42. The molecule has 0 bridgehead atoms. The molecule has 4 heterocycles. The third kappa shape index (κ3) is 4.70. The molecule has 0 fully saturated rings. The minimum Gasteiger partial charge on any atom is -0.478 e. The van der Waals surface area contributed by atoms with Crippen LogP contribution in [-0.2, 0) is 20.9 Å². The largest absolute Gasteiger partial charge is 0.478 e. The Labute approximate surface area is 230 Å². The first-order chi connectivity index (χ1) is 19.4. The van der Waals surface area contributed by atoms with E-state index in [0.29, 0.717) is 24.5 Å². The molecule has 1 aromatic carbocycles. The number of imidazole rings is 1. The zero-order chi connectivity index (χ0) is 27.8. The Morgan fingerprint density at radius 2 is 2.00 bits per heavy atom. The van der Waals surface area contributed by atoms with E-state index in [4.69, 9.17) is 9.47 Å².